The smallest absolute Gasteiger partial charge is 0.243 e. The second kappa shape index (κ2) is 5.60. The Balaban J connectivity index is 2.38. The Hall–Kier alpha value is -1.09. The van der Waals surface area contributed by atoms with Crippen LogP contribution in [0.3, 0.4) is 0 Å². The molecule has 1 aliphatic heterocycles. The largest absolute Gasteiger partial charge is 0.394 e. The van der Waals surface area contributed by atoms with Gasteiger partial charge in [0.25, 0.3) is 0 Å². The summed E-state index contributed by atoms with van der Waals surface area (Å²) in [5.74, 6) is -1.92. The number of halogens is 2. The summed E-state index contributed by atoms with van der Waals surface area (Å²) >= 11 is 0. The number of benzene rings is 1. The van der Waals surface area contributed by atoms with Gasteiger partial charge >= 0.3 is 0 Å². The average Bonchev–Trinajstić information content (AvgIpc) is 2.35. The van der Waals surface area contributed by atoms with Crippen LogP contribution in [0, 0.1) is 11.6 Å². The van der Waals surface area contributed by atoms with Crippen LogP contribution in [0.1, 0.15) is 13.8 Å². The van der Waals surface area contributed by atoms with Gasteiger partial charge < -0.3 is 9.84 Å². The highest BCUT2D eigenvalue weighted by atomic mass is 32.2. The predicted octanol–water partition coefficient (Wildman–Crippen LogP) is 1.13. The molecule has 1 N–H and O–H groups in total. The molecule has 1 atom stereocenters. The summed E-state index contributed by atoms with van der Waals surface area (Å²) in [6, 6.07) is 2.16. The standard InChI is InChI=1S/C13H17F2NO4S/c1-13(2)8-16(6-11(7-17)20-13)21(18,19)12-4-9(14)3-10(15)5-12/h3-5,11,17H,6-8H2,1-2H3. The van der Waals surface area contributed by atoms with Crippen molar-refractivity contribution in [2.45, 2.75) is 30.4 Å². The summed E-state index contributed by atoms with van der Waals surface area (Å²) in [5, 5.41) is 9.20. The number of aliphatic hydroxyl groups excluding tert-OH is 1. The number of aliphatic hydroxyl groups is 1. The Bertz CT molecular complexity index is 613. The van der Waals surface area contributed by atoms with E-state index in [9.17, 15) is 22.3 Å². The summed E-state index contributed by atoms with van der Waals surface area (Å²) in [4.78, 5) is -0.450. The van der Waals surface area contributed by atoms with Crippen LogP contribution in [0.15, 0.2) is 23.1 Å². The van der Waals surface area contributed by atoms with Gasteiger partial charge in [0.05, 0.1) is 23.2 Å². The molecule has 0 amide bonds. The van der Waals surface area contributed by atoms with E-state index in [4.69, 9.17) is 4.74 Å². The minimum absolute atomic E-state index is 0.0317. The molecule has 118 valence electrons. The lowest BCUT2D eigenvalue weighted by Gasteiger charge is -2.41. The fourth-order valence-corrected chi connectivity index (χ4v) is 4.01. The number of nitrogens with zero attached hydrogens (tertiary/aromatic N) is 1. The van der Waals surface area contributed by atoms with Crippen LogP contribution in [-0.4, -0.2) is 49.2 Å². The lowest BCUT2D eigenvalue weighted by molar-refractivity contribution is -0.131. The zero-order chi connectivity index (χ0) is 15.8. The number of hydrogen-bond donors (Lipinski definition) is 1. The molecule has 0 bridgehead atoms. The quantitative estimate of drug-likeness (QED) is 0.906. The van der Waals surface area contributed by atoms with Gasteiger partial charge in [0.2, 0.25) is 10.0 Å². The minimum Gasteiger partial charge on any atom is -0.394 e. The molecule has 21 heavy (non-hydrogen) atoms. The van der Waals surface area contributed by atoms with E-state index in [1.807, 2.05) is 0 Å². The van der Waals surface area contributed by atoms with E-state index in [2.05, 4.69) is 0 Å². The minimum atomic E-state index is -4.06. The molecule has 0 aliphatic carbocycles. The van der Waals surface area contributed by atoms with Crippen molar-refractivity contribution in [2.24, 2.45) is 0 Å². The van der Waals surface area contributed by atoms with Crippen molar-refractivity contribution in [2.75, 3.05) is 19.7 Å². The average molecular weight is 321 g/mol. The van der Waals surface area contributed by atoms with Crippen molar-refractivity contribution in [1.82, 2.24) is 4.31 Å². The molecule has 1 saturated heterocycles. The van der Waals surface area contributed by atoms with Crippen molar-refractivity contribution < 1.29 is 27.0 Å². The SMILES string of the molecule is CC1(C)CN(S(=O)(=O)c2cc(F)cc(F)c2)CC(CO)O1. The molecule has 1 fully saturated rings. The van der Waals surface area contributed by atoms with Gasteiger partial charge in [0.15, 0.2) is 0 Å². The van der Waals surface area contributed by atoms with E-state index in [0.717, 1.165) is 16.4 Å². The summed E-state index contributed by atoms with van der Waals surface area (Å²) < 4.78 is 58.1. The van der Waals surface area contributed by atoms with Crippen LogP contribution in [0.5, 0.6) is 0 Å². The first-order chi connectivity index (χ1) is 9.64. The van der Waals surface area contributed by atoms with Crippen molar-refractivity contribution in [3.05, 3.63) is 29.8 Å². The third-order valence-electron chi connectivity index (χ3n) is 3.13. The zero-order valence-electron chi connectivity index (χ0n) is 11.7. The Labute approximate surface area is 122 Å². The fraction of sp³-hybridized carbons (Fsp3) is 0.538. The van der Waals surface area contributed by atoms with E-state index in [1.54, 1.807) is 13.8 Å². The van der Waals surface area contributed by atoms with Gasteiger partial charge in [-0.25, -0.2) is 17.2 Å². The molecule has 1 aromatic rings. The van der Waals surface area contributed by atoms with Crippen molar-refractivity contribution in [1.29, 1.82) is 0 Å². The number of morpholine rings is 1. The van der Waals surface area contributed by atoms with E-state index in [-0.39, 0.29) is 19.7 Å². The first-order valence-corrected chi connectivity index (χ1v) is 7.83. The lowest BCUT2D eigenvalue weighted by atomic mass is 10.1. The molecular weight excluding hydrogens is 304 g/mol. The molecule has 2 rings (SSSR count). The van der Waals surface area contributed by atoms with Crippen LogP contribution in [0.2, 0.25) is 0 Å². The van der Waals surface area contributed by atoms with Crippen LogP contribution >= 0.6 is 0 Å². The molecule has 5 nitrogen and oxygen atoms in total. The van der Waals surface area contributed by atoms with E-state index in [1.165, 1.54) is 0 Å². The van der Waals surface area contributed by atoms with E-state index >= 15 is 0 Å². The third kappa shape index (κ3) is 3.57. The van der Waals surface area contributed by atoms with Gasteiger partial charge in [-0.3, -0.25) is 0 Å². The molecule has 1 aromatic carbocycles. The van der Waals surface area contributed by atoms with Crippen molar-refractivity contribution in [3.63, 3.8) is 0 Å². The van der Waals surface area contributed by atoms with Gasteiger partial charge in [-0.2, -0.15) is 4.31 Å². The molecular formula is C13H17F2NO4S. The number of rotatable bonds is 3. The fourth-order valence-electron chi connectivity index (χ4n) is 2.35. The maximum atomic E-state index is 13.2. The highest BCUT2D eigenvalue weighted by molar-refractivity contribution is 7.89. The van der Waals surface area contributed by atoms with Crippen molar-refractivity contribution in [3.8, 4) is 0 Å². The van der Waals surface area contributed by atoms with Gasteiger partial charge in [0, 0.05) is 19.2 Å². The van der Waals surface area contributed by atoms with E-state index in [0.29, 0.717) is 6.07 Å². The molecule has 8 heteroatoms. The maximum Gasteiger partial charge on any atom is 0.243 e. The molecule has 0 saturated carbocycles. The van der Waals surface area contributed by atoms with Gasteiger partial charge in [0.1, 0.15) is 11.6 Å². The third-order valence-corrected chi connectivity index (χ3v) is 4.92. The summed E-state index contributed by atoms with van der Waals surface area (Å²) in [7, 11) is -4.06. The Kier molecular flexibility index (Phi) is 4.34. The number of hydrogen-bond acceptors (Lipinski definition) is 4. The Morgan fingerprint density at radius 1 is 1.33 bits per heavy atom. The van der Waals surface area contributed by atoms with Crippen LogP contribution in [0.25, 0.3) is 0 Å². The first-order valence-electron chi connectivity index (χ1n) is 6.39. The van der Waals surface area contributed by atoms with Crippen LogP contribution in [-0.2, 0) is 14.8 Å². The zero-order valence-corrected chi connectivity index (χ0v) is 12.5. The highest BCUT2D eigenvalue weighted by Crippen LogP contribution is 2.27. The van der Waals surface area contributed by atoms with Gasteiger partial charge in [-0.05, 0) is 26.0 Å². The second-order valence-corrected chi connectivity index (χ2v) is 7.52. The Morgan fingerprint density at radius 2 is 1.90 bits per heavy atom. The molecule has 0 aromatic heterocycles. The summed E-state index contributed by atoms with van der Waals surface area (Å²) in [6.07, 6.45) is -0.679. The normalized spacial score (nSPS) is 23.2. The number of ether oxygens (including phenoxy) is 1. The first kappa shape index (κ1) is 16.3. The molecule has 1 aliphatic rings. The van der Waals surface area contributed by atoms with Gasteiger partial charge in [-0.15, -0.1) is 0 Å². The second-order valence-electron chi connectivity index (χ2n) is 5.58. The van der Waals surface area contributed by atoms with E-state index < -0.39 is 38.3 Å². The van der Waals surface area contributed by atoms with Crippen LogP contribution in [0.4, 0.5) is 8.78 Å². The van der Waals surface area contributed by atoms with Crippen LogP contribution < -0.4 is 0 Å². The molecule has 0 radical (unpaired) electrons. The number of sulfonamides is 1. The van der Waals surface area contributed by atoms with Gasteiger partial charge in [-0.1, -0.05) is 0 Å². The topological polar surface area (TPSA) is 66.8 Å². The summed E-state index contributed by atoms with van der Waals surface area (Å²) in [6.45, 7) is 2.99. The lowest BCUT2D eigenvalue weighted by Crippen LogP contribution is -2.55. The van der Waals surface area contributed by atoms with Crippen molar-refractivity contribution >= 4 is 10.0 Å². The highest BCUT2D eigenvalue weighted by Gasteiger charge is 2.39. The predicted molar refractivity (Wildman–Crippen MR) is 71.2 cm³/mol. The monoisotopic (exact) mass is 321 g/mol. The summed E-state index contributed by atoms with van der Waals surface area (Å²) in [5.41, 5.74) is -0.801. The molecule has 0 spiro atoms. The maximum absolute atomic E-state index is 13.2. The Morgan fingerprint density at radius 3 is 2.43 bits per heavy atom. The molecule has 1 heterocycles. The molecule has 1 unspecified atom stereocenters.